The van der Waals surface area contributed by atoms with Gasteiger partial charge in [0.05, 0.1) is 6.04 Å². The van der Waals surface area contributed by atoms with Crippen LogP contribution in [0, 0.1) is 24.7 Å². The standard InChI is InChI=1S/C16H22N2O2/c1-10-5-3-4-6-14(10)20-9-11(2)18-16(19)15-12-7-17-8-13(12)15/h3-6,11-13,15,17H,7-9H2,1-2H3,(H,18,19)/t11?,12-,13+,15?. The van der Waals surface area contributed by atoms with Gasteiger partial charge >= 0.3 is 0 Å². The van der Waals surface area contributed by atoms with Crippen molar-refractivity contribution in [2.45, 2.75) is 19.9 Å². The van der Waals surface area contributed by atoms with Crippen LogP contribution < -0.4 is 15.4 Å². The van der Waals surface area contributed by atoms with Crippen LogP contribution in [0.4, 0.5) is 0 Å². The first-order chi connectivity index (χ1) is 9.66. The van der Waals surface area contributed by atoms with Gasteiger partial charge in [0.15, 0.2) is 0 Å². The zero-order valence-corrected chi connectivity index (χ0v) is 12.1. The van der Waals surface area contributed by atoms with Gasteiger partial charge < -0.3 is 15.4 Å². The largest absolute Gasteiger partial charge is 0.491 e. The van der Waals surface area contributed by atoms with Crippen LogP contribution in [0.1, 0.15) is 12.5 Å². The number of benzene rings is 1. The van der Waals surface area contributed by atoms with Crippen molar-refractivity contribution in [3.05, 3.63) is 29.8 Å². The first-order valence-corrected chi connectivity index (χ1v) is 7.36. The van der Waals surface area contributed by atoms with Crippen molar-refractivity contribution >= 4 is 5.91 Å². The molecule has 1 aliphatic heterocycles. The van der Waals surface area contributed by atoms with Crippen molar-refractivity contribution in [3.63, 3.8) is 0 Å². The predicted octanol–water partition coefficient (Wildman–Crippen LogP) is 1.34. The molecule has 1 aromatic carbocycles. The number of hydrogen-bond acceptors (Lipinski definition) is 3. The molecule has 1 heterocycles. The van der Waals surface area contributed by atoms with Crippen molar-refractivity contribution in [3.8, 4) is 5.75 Å². The molecular weight excluding hydrogens is 252 g/mol. The van der Waals surface area contributed by atoms with Crippen molar-refractivity contribution < 1.29 is 9.53 Å². The second-order valence-electron chi connectivity index (χ2n) is 6.00. The minimum absolute atomic E-state index is 0.0383. The number of fused-ring (bicyclic) bond motifs is 1. The highest BCUT2D eigenvalue weighted by atomic mass is 16.5. The minimum atomic E-state index is 0.0383. The summed E-state index contributed by atoms with van der Waals surface area (Å²) in [6, 6.07) is 7.98. The number of hydrogen-bond donors (Lipinski definition) is 2. The summed E-state index contributed by atoms with van der Waals surface area (Å²) >= 11 is 0. The quantitative estimate of drug-likeness (QED) is 0.852. The summed E-state index contributed by atoms with van der Waals surface area (Å²) in [7, 11) is 0. The van der Waals surface area contributed by atoms with Gasteiger partial charge in [0.1, 0.15) is 12.4 Å². The normalized spacial score (nSPS) is 28.6. The molecule has 4 nitrogen and oxygen atoms in total. The van der Waals surface area contributed by atoms with E-state index in [2.05, 4.69) is 10.6 Å². The lowest BCUT2D eigenvalue weighted by molar-refractivity contribution is -0.123. The van der Waals surface area contributed by atoms with Crippen molar-refractivity contribution in [1.29, 1.82) is 0 Å². The van der Waals surface area contributed by atoms with Crippen LogP contribution in [0.5, 0.6) is 5.75 Å². The summed E-state index contributed by atoms with van der Waals surface area (Å²) in [6.07, 6.45) is 0. The molecule has 2 unspecified atom stereocenters. The number of piperidine rings is 1. The number of carbonyl (C=O) groups excluding carboxylic acids is 1. The Morgan fingerprint density at radius 3 is 2.80 bits per heavy atom. The van der Waals surface area contributed by atoms with E-state index in [0.717, 1.165) is 24.4 Å². The van der Waals surface area contributed by atoms with Gasteiger partial charge in [0, 0.05) is 5.92 Å². The molecule has 1 amide bonds. The predicted molar refractivity (Wildman–Crippen MR) is 77.6 cm³/mol. The Kier molecular flexibility index (Phi) is 3.66. The third kappa shape index (κ3) is 2.66. The number of para-hydroxylation sites is 1. The third-order valence-electron chi connectivity index (χ3n) is 4.37. The summed E-state index contributed by atoms with van der Waals surface area (Å²) in [4.78, 5) is 12.1. The lowest BCUT2D eigenvalue weighted by Gasteiger charge is -2.16. The van der Waals surface area contributed by atoms with Crippen molar-refractivity contribution in [2.24, 2.45) is 17.8 Å². The Hall–Kier alpha value is -1.55. The second kappa shape index (κ2) is 5.44. The van der Waals surface area contributed by atoms with Crippen LogP contribution in [0.2, 0.25) is 0 Å². The number of aryl methyl sites for hydroxylation is 1. The smallest absolute Gasteiger partial charge is 0.224 e. The van der Waals surface area contributed by atoms with Gasteiger partial charge in [-0.3, -0.25) is 4.79 Å². The zero-order chi connectivity index (χ0) is 14.1. The summed E-state index contributed by atoms with van der Waals surface area (Å²) in [6.45, 7) is 6.52. The fourth-order valence-electron chi connectivity index (χ4n) is 3.12. The average Bonchev–Trinajstić information content (AvgIpc) is 2.92. The summed E-state index contributed by atoms with van der Waals surface area (Å²) < 4.78 is 5.77. The van der Waals surface area contributed by atoms with Gasteiger partial charge in [-0.15, -0.1) is 0 Å². The minimum Gasteiger partial charge on any atom is -0.491 e. The first kappa shape index (κ1) is 13.4. The Bertz CT molecular complexity index is 493. The molecule has 0 bridgehead atoms. The average molecular weight is 274 g/mol. The highest BCUT2D eigenvalue weighted by Crippen LogP contribution is 2.48. The van der Waals surface area contributed by atoms with Crippen LogP contribution in [-0.4, -0.2) is 31.6 Å². The molecule has 3 rings (SSSR count). The van der Waals surface area contributed by atoms with Gasteiger partial charge in [0.25, 0.3) is 0 Å². The highest BCUT2D eigenvalue weighted by Gasteiger charge is 2.56. The lowest BCUT2D eigenvalue weighted by Crippen LogP contribution is -2.39. The SMILES string of the molecule is Cc1ccccc1OCC(C)NC(=O)C1[C@H]2CNC[C@@H]12. The molecule has 0 spiro atoms. The van der Waals surface area contributed by atoms with E-state index in [1.165, 1.54) is 0 Å². The number of amides is 1. The van der Waals surface area contributed by atoms with E-state index in [1.807, 2.05) is 38.1 Å². The molecule has 20 heavy (non-hydrogen) atoms. The molecule has 1 saturated heterocycles. The fraction of sp³-hybridized carbons (Fsp3) is 0.562. The molecule has 2 aliphatic rings. The zero-order valence-electron chi connectivity index (χ0n) is 12.1. The van der Waals surface area contributed by atoms with Crippen LogP contribution in [0.25, 0.3) is 0 Å². The third-order valence-corrected chi connectivity index (χ3v) is 4.37. The Morgan fingerprint density at radius 1 is 1.40 bits per heavy atom. The molecule has 1 aromatic rings. The second-order valence-corrected chi connectivity index (χ2v) is 6.00. The van der Waals surface area contributed by atoms with Crippen molar-refractivity contribution in [2.75, 3.05) is 19.7 Å². The van der Waals surface area contributed by atoms with E-state index in [1.54, 1.807) is 0 Å². The fourth-order valence-corrected chi connectivity index (χ4v) is 3.12. The monoisotopic (exact) mass is 274 g/mol. The maximum atomic E-state index is 12.1. The van der Waals surface area contributed by atoms with Gasteiger partial charge in [-0.25, -0.2) is 0 Å². The van der Waals surface area contributed by atoms with E-state index in [0.29, 0.717) is 18.4 Å². The molecule has 1 aliphatic carbocycles. The summed E-state index contributed by atoms with van der Waals surface area (Å²) in [5, 5.41) is 6.38. The van der Waals surface area contributed by atoms with Gasteiger partial charge in [-0.2, -0.15) is 0 Å². The number of carbonyl (C=O) groups is 1. The van der Waals surface area contributed by atoms with Crippen LogP contribution >= 0.6 is 0 Å². The number of rotatable bonds is 5. The highest BCUT2D eigenvalue weighted by molar-refractivity contribution is 5.82. The molecular formula is C16H22N2O2. The van der Waals surface area contributed by atoms with Crippen LogP contribution in [0.15, 0.2) is 24.3 Å². The number of ether oxygens (including phenoxy) is 1. The molecule has 2 N–H and O–H groups in total. The first-order valence-electron chi connectivity index (χ1n) is 7.36. The molecule has 1 saturated carbocycles. The summed E-state index contributed by atoms with van der Waals surface area (Å²) in [5.74, 6) is 2.46. The molecule has 108 valence electrons. The van der Waals surface area contributed by atoms with Crippen LogP contribution in [-0.2, 0) is 4.79 Å². The topological polar surface area (TPSA) is 50.4 Å². The molecule has 2 fully saturated rings. The van der Waals surface area contributed by atoms with Gasteiger partial charge in [-0.1, -0.05) is 18.2 Å². The van der Waals surface area contributed by atoms with E-state index >= 15 is 0 Å². The van der Waals surface area contributed by atoms with E-state index in [-0.39, 0.29) is 17.9 Å². The summed E-state index contributed by atoms with van der Waals surface area (Å²) in [5.41, 5.74) is 1.12. The maximum absolute atomic E-state index is 12.1. The van der Waals surface area contributed by atoms with Crippen molar-refractivity contribution in [1.82, 2.24) is 10.6 Å². The van der Waals surface area contributed by atoms with E-state index in [9.17, 15) is 4.79 Å². The Morgan fingerprint density at radius 2 is 2.10 bits per heavy atom. The van der Waals surface area contributed by atoms with Crippen LogP contribution in [0.3, 0.4) is 0 Å². The van der Waals surface area contributed by atoms with Gasteiger partial charge in [-0.05, 0) is 50.4 Å². The van der Waals surface area contributed by atoms with E-state index < -0.39 is 0 Å². The molecule has 4 heteroatoms. The molecule has 0 radical (unpaired) electrons. The molecule has 0 aromatic heterocycles. The Balaban J connectivity index is 1.45. The Labute approximate surface area is 119 Å². The van der Waals surface area contributed by atoms with E-state index in [4.69, 9.17) is 4.74 Å². The van der Waals surface area contributed by atoms with Gasteiger partial charge in [0.2, 0.25) is 5.91 Å². The lowest BCUT2D eigenvalue weighted by atomic mass is 10.2. The molecule has 4 atom stereocenters. The number of nitrogens with one attached hydrogen (secondary N) is 2. The maximum Gasteiger partial charge on any atom is 0.224 e.